The van der Waals surface area contributed by atoms with Crippen LogP contribution in [-0.4, -0.2) is 64.1 Å². The molecule has 0 saturated carbocycles. The number of hydrogen-bond acceptors (Lipinski definition) is 5. The molecule has 184 valence electrons. The molecule has 1 aliphatic rings. The van der Waals surface area contributed by atoms with Gasteiger partial charge in [0.2, 0.25) is 0 Å². The van der Waals surface area contributed by atoms with Crippen molar-refractivity contribution in [2.75, 3.05) is 32.8 Å². The molecule has 10 heteroatoms. The fraction of sp³-hybridized carbons (Fsp3) is 0.417. The van der Waals surface area contributed by atoms with Gasteiger partial charge in [0.1, 0.15) is 24.3 Å². The van der Waals surface area contributed by atoms with E-state index in [0.717, 1.165) is 25.9 Å². The molecule has 0 spiro atoms. The first-order valence-electron chi connectivity index (χ1n) is 11.2. The molecular formula is C24H30ClFN4O4. The molecule has 1 aliphatic heterocycles. The molecule has 1 amide bonds. The highest BCUT2D eigenvalue weighted by molar-refractivity contribution is 5.89. The van der Waals surface area contributed by atoms with Crippen molar-refractivity contribution in [1.29, 1.82) is 0 Å². The molecule has 0 radical (unpaired) electrons. The minimum absolute atomic E-state index is 0. The quantitative estimate of drug-likeness (QED) is 0.529. The number of carbonyl (C=O) groups is 1. The number of aryl methyl sites for hydroxylation is 1. The number of nitrogens with one attached hydrogen (secondary N) is 1. The van der Waals surface area contributed by atoms with Crippen molar-refractivity contribution in [2.24, 2.45) is 13.0 Å². The van der Waals surface area contributed by atoms with Crippen LogP contribution in [0.3, 0.4) is 0 Å². The number of likely N-dealkylation sites (tertiary alicyclic amines) is 1. The van der Waals surface area contributed by atoms with Crippen molar-refractivity contribution in [3.05, 3.63) is 64.8 Å². The van der Waals surface area contributed by atoms with Gasteiger partial charge in [0.15, 0.2) is 0 Å². The Morgan fingerprint density at radius 3 is 2.47 bits per heavy atom. The summed E-state index contributed by atoms with van der Waals surface area (Å²) in [4.78, 5) is 27.4. The standard InChI is InChI=1S/C24H29FN4O4.ClH/c1-27-21-4-2-3-5-22(21)29(24(27)32)23(31)26-14-17-10-12-28(13-11-17)15-19(30)16-33-20-8-6-18(25)7-9-20;/h2-9,17,19,30H,10-16H2,1H3,(H,26,31);1H. The molecule has 1 aromatic heterocycles. The van der Waals surface area contributed by atoms with E-state index in [1.54, 1.807) is 19.2 Å². The van der Waals surface area contributed by atoms with Crippen LogP contribution < -0.4 is 15.7 Å². The summed E-state index contributed by atoms with van der Waals surface area (Å²) in [5.41, 5.74) is 0.947. The van der Waals surface area contributed by atoms with Crippen LogP contribution in [0.25, 0.3) is 11.0 Å². The molecule has 34 heavy (non-hydrogen) atoms. The number of aliphatic hydroxyl groups is 1. The number of β-amino-alcohol motifs (C(OH)–C–C–N with tert-alkyl or cyclic N) is 1. The number of benzene rings is 2. The number of ether oxygens (including phenoxy) is 1. The highest BCUT2D eigenvalue weighted by atomic mass is 35.5. The Balaban J connectivity index is 0.00000324. The highest BCUT2D eigenvalue weighted by Gasteiger charge is 2.23. The van der Waals surface area contributed by atoms with Gasteiger partial charge < -0.3 is 20.1 Å². The zero-order chi connectivity index (χ0) is 23.4. The number of para-hydroxylation sites is 2. The van der Waals surface area contributed by atoms with E-state index >= 15 is 0 Å². The number of carbonyl (C=O) groups excluding carboxylic acids is 1. The van der Waals surface area contributed by atoms with Crippen LogP contribution in [0.1, 0.15) is 12.8 Å². The van der Waals surface area contributed by atoms with Crippen molar-refractivity contribution in [3.63, 3.8) is 0 Å². The fourth-order valence-electron chi connectivity index (χ4n) is 4.25. The third-order valence-corrected chi connectivity index (χ3v) is 6.14. The van der Waals surface area contributed by atoms with Gasteiger partial charge >= 0.3 is 11.7 Å². The number of nitrogens with zero attached hydrogens (tertiary/aromatic N) is 3. The molecule has 0 aliphatic carbocycles. The Morgan fingerprint density at radius 1 is 1.15 bits per heavy atom. The van der Waals surface area contributed by atoms with Crippen molar-refractivity contribution >= 4 is 29.5 Å². The minimum Gasteiger partial charge on any atom is -0.491 e. The van der Waals surface area contributed by atoms with E-state index in [1.165, 1.54) is 33.4 Å². The van der Waals surface area contributed by atoms with Crippen molar-refractivity contribution in [3.8, 4) is 5.75 Å². The Morgan fingerprint density at radius 2 is 1.79 bits per heavy atom. The predicted octanol–water partition coefficient (Wildman–Crippen LogP) is 2.61. The zero-order valence-corrected chi connectivity index (χ0v) is 19.8. The van der Waals surface area contributed by atoms with Gasteiger partial charge in [0.25, 0.3) is 0 Å². The molecule has 1 fully saturated rings. The van der Waals surface area contributed by atoms with Gasteiger partial charge in [-0.15, -0.1) is 12.4 Å². The molecule has 8 nitrogen and oxygen atoms in total. The first-order valence-corrected chi connectivity index (χ1v) is 11.2. The Kier molecular flexibility index (Phi) is 8.71. The van der Waals surface area contributed by atoms with Crippen LogP contribution in [0.2, 0.25) is 0 Å². The van der Waals surface area contributed by atoms with E-state index in [9.17, 15) is 19.1 Å². The molecule has 2 heterocycles. The third-order valence-electron chi connectivity index (χ3n) is 6.14. The first kappa shape index (κ1) is 25.7. The summed E-state index contributed by atoms with van der Waals surface area (Å²) in [5.74, 6) is 0.504. The molecule has 1 saturated heterocycles. The summed E-state index contributed by atoms with van der Waals surface area (Å²) in [6.45, 7) is 2.75. The average Bonchev–Trinajstić information content (AvgIpc) is 3.08. The van der Waals surface area contributed by atoms with Gasteiger partial charge in [-0.25, -0.2) is 18.5 Å². The van der Waals surface area contributed by atoms with Crippen LogP contribution in [-0.2, 0) is 7.05 Å². The first-order chi connectivity index (χ1) is 15.9. The molecule has 2 aromatic carbocycles. The maximum absolute atomic E-state index is 12.9. The van der Waals surface area contributed by atoms with Crippen LogP contribution in [0.5, 0.6) is 5.75 Å². The summed E-state index contributed by atoms with van der Waals surface area (Å²) in [6.07, 6.45) is 1.12. The number of fused-ring (bicyclic) bond motifs is 1. The lowest BCUT2D eigenvalue weighted by Gasteiger charge is -2.33. The highest BCUT2D eigenvalue weighted by Crippen LogP contribution is 2.18. The minimum atomic E-state index is -0.649. The lowest BCUT2D eigenvalue weighted by atomic mass is 9.96. The van der Waals surface area contributed by atoms with Gasteiger partial charge in [0, 0.05) is 20.1 Å². The van der Waals surface area contributed by atoms with Crippen molar-refractivity contribution in [2.45, 2.75) is 18.9 Å². The number of piperidine rings is 1. The lowest BCUT2D eigenvalue weighted by Crippen LogP contribution is -2.44. The van der Waals surface area contributed by atoms with Gasteiger partial charge in [-0.2, -0.15) is 0 Å². The maximum atomic E-state index is 12.9. The Bertz CT molecular complexity index is 1160. The monoisotopic (exact) mass is 492 g/mol. The number of halogens is 2. The summed E-state index contributed by atoms with van der Waals surface area (Å²) >= 11 is 0. The van der Waals surface area contributed by atoms with Crippen LogP contribution in [0.4, 0.5) is 9.18 Å². The molecule has 2 N–H and O–H groups in total. The normalized spacial score (nSPS) is 15.6. The second-order valence-electron chi connectivity index (χ2n) is 8.51. The molecule has 0 bridgehead atoms. The summed E-state index contributed by atoms with van der Waals surface area (Å²) in [6, 6.07) is 12.5. The van der Waals surface area contributed by atoms with Crippen molar-refractivity contribution in [1.82, 2.24) is 19.4 Å². The number of aliphatic hydroxyl groups excluding tert-OH is 1. The molecule has 4 rings (SSSR count). The molecule has 1 unspecified atom stereocenters. The zero-order valence-electron chi connectivity index (χ0n) is 19.0. The third kappa shape index (κ3) is 5.97. The fourth-order valence-corrected chi connectivity index (χ4v) is 4.25. The predicted molar refractivity (Wildman–Crippen MR) is 130 cm³/mol. The van der Waals surface area contributed by atoms with Crippen LogP contribution in [0, 0.1) is 11.7 Å². The number of hydrogen-bond donors (Lipinski definition) is 2. The summed E-state index contributed by atoms with van der Waals surface area (Å²) in [7, 11) is 1.66. The number of amides is 1. The Hall–Kier alpha value is -2.88. The van der Waals surface area contributed by atoms with E-state index < -0.39 is 12.1 Å². The summed E-state index contributed by atoms with van der Waals surface area (Å²) < 4.78 is 21.1. The average molecular weight is 493 g/mol. The second kappa shape index (κ2) is 11.5. The van der Waals surface area contributed by atoms with Gasteiger partial charge in [-0.1, -0.05) is 12.1 Å². The van der Waals surface area contributed by atoms with E-state index in [4.69, 9.17) is 4.74 Å². The number of rotatable bonds is 7. The largest absolute Gasteiger partial charge is 0.491 e. The van der Waals surface area contributed by atoms with Crippen molar-refractivity contribution < 1.29 is 19.0 Å². The molecular weight excluding hydrogens is 463 g/mol. The van der Waals surface area contributed by atoms with Crippen LogP contribution in [0.15, 0.2) is 53.3 Å². The number of aromatic nitrogens is 2. The molecule has 1 atom stereocenters. The topological polar surface area (TPSA) is 88.7 Å². The van der Waals surface area contributed by atoms with Crippen LogP contribution >= 0.6 is 12.4 Å². The van der Waals surface area contributed by atoms with Gasteiger partial charge in [-0.05, 0) is 68.2 Å². The van der Waals surface area contributed by atoms with E-state index in [0.29, 0.717) is 35.8 Å². The van der Waals surface area contributed by atoms with E-state index in [1.807, 2.05) is 12.1 Å². The van der Waals surface area contributed by atoms with E-state index in [-0.39, 0.29) is 30.5 Å². The smallest absolute Gasteiger partial charge is 0.337 e. The number of imidazole rings is 1. The van der Waals surface area contributed by atoms with Gasteiger partial charge in [0.05, 0.1) is 11.0 Å². The van der Waals surface area contributed by atoms with Gasteiger partial charge in [-0.3, -0.25) is 4.57 Å². The maximum Gasteiger partial charge on any atom is 0.337 e. The Labute approximate surface area is 203 Å². The lowest BCUT2D eigenvalue weighted by molar-refractivity contribution is 0.0552. The molecule has 3 aromatic rings. The SMILES string of the molecule is Cl.Cn1c(=O)n(C(=O)NCC2CCN(CC(O)COc3ccc(F)cc3)CC2)c2ccccc21. The van der Waals surface area contributed by atoms with E-state index in [2.05, 4.69) is 10.2 Å². The second-order valence-corrected chi connectivity index (χ2v) is 8.51. The summed E-state index contributed by atoms with van der Waals surface area (Å²) in [5, 5.41) is 13.2.